The summed E-state index contributed by atoms with van der Waals surface area (Å²) in [5, 5.41) is 0. The van der Waals surface area contributed by atoms with E-state index < -0.39 is 11.1 Å². The van der Waals surface area contributed by atoms with Crippen molar-refractivity contribution in [3.05, 3.63) is 0 Å². The quantitative estimate of drug-likeness (QED) is 0.560. The van der Waals surface area contributed by atoms with Gasteiger partial charge in [0.2, 0.25) is 0 Å². The zero-order valence-corrected chi connectivity index (χ0v) is 7.19. The summed E-state index contributed by atoms with van der Waals surface area (Å²) in [4.78, 5) is 0. The van der Waals surface area contributed by atoms with Gasteiger partial charge in [-0.25, -0.2) is 0 Å². The average Bonchev–Trinajstić information content (AvgIpc) is 1.90. The fourth-order valence-corrected chi connectivity index (χ4v) is 4.20. The average molecular weight is 183 g/mol. The molecule has 9 heavy (non-hydrogen) atoms. The smallest absolute Gasteiger partial charge is 0.0760 e. The van der Waals surface area contributed by atoms with Crippen LogP contribution in [-0.4, -0.2) is 30.6 Å². The molecule has 0 aromatic carbocycles. The molecule has 0 spiro atoms. The lowest BCUT2D eigenvalue weighted by Gasteiger charge is -2.22. The van der Waals surface area contributed by atoms with Crippen molar-refractivity contribution in [2.45, 2.75) is 4.58 Å². The lowest BCUT2D eigenvalue weighted by molar-refractivity contribution is 0.536. The lowest BCUT2D eigenvalue weighted by atomic mass is 10.9. The topological polar surface area (TPSA) is 40.1 Å². The van der Waals surface area contributed by atoms with Gasteiger partial charge in [-0.3, -0.25) is 4.21 Å². The highest BCUT2D eigenvalue weighted by Gasteiger charge is 2.13. The fraction of sp³-hybridized carbons (Fsp3) is 1.00. The summed E-state index contributed by atoms with van der Waals surface area (Å²) in [5.74, 6) is 2.84. The molecule has 0 bridgehead atoms. The van der Waals surface area contributed by atoms with Gasteiger partial charge in [-0.05, 0) is 11.1 Å². The Balaban J connectivity index is 2.31. The summed E-state index contributed by atoms with van der Waals surface area (Å²) in [7, 11) is 0. The summed E-state index contributed by atoms with van der Waals surface area (Å²) in [6.07, 6.45) is 0. The third-order valence-corrected chi connectivity index (χ3v) is 5.20. The van der Waals surface area contributed by atoms with Crippen molar-refractivity contribution in [3.63, 3.8) is 0 Å². The van der Waals surface area contributed by atoms with E-state index in [1.54, 1.807) is 11.8 Å². The van der Waals surface area contributed by atoms with Crippen LogP contribution in [0, 0.1) is 0 Å². The minimum atomic E-state index is -1.86. The second kappa shape index (κ2) is 3.85. The van der Waals surface area contributed by atoms with Crippen LogP contribution in [0.3, 0.4) is 0 Å². The van der Waals surface area contributed by atoms with E-state index in [1.807, 2.05) is 0 Å². The normalized spacial score (nSPS) is 31.9. The van der Waals surface area contributed by atoms with Gasteiger partial charge >= 0.3 is 0 Å². The maximum atomic E-state index is 10.3. The van der Waals surface area contributed by atoms with E-state index in [4.69, 9.17) is 0 Å². The Morgan fingerprint density at radius 2 is 2.33 bits per heavy atom. The first kappa shape index (κ1) is 7.91. The SMILES string of the molecule is O=S([O-])C1CSCCS1. The first-order valence-electron chi connectivity index (χ1n) is 2.58. The Kier molecular flexibility index (Phi) is 3.39. The predicted octanol–water partition coefficient (Wildman–Crippen LogP) is 0.672. The minimum Gasteiger partial charge on any atom is -0.771 e. The Hall–Kier alpha value is 0.810. The number of hydrogen-bond donors (Lipinski definition) is 0. The first-order chi connectivity index (χ1) is 4.30. The standard InChI is InChI=1S/C4H8O2S3/c5-9(6)4-3-7-1-2-8-4/h4H,1-3H2,(H,5,6)/p-1. The van der Waals surface area contributed by atoms with Crippen LogP contribution in [0.15, 0.2) is 0 Å². The summed E-state index contributed by atoms with van der Waals surface area (Å²) in [5.41, 5.74) is 0. The third kappa shape index (κ3) is 2.49. The molecule has 54 valence electrons. The van der Waals surface area contributed by atoms with Gasteiger partial charge in [0.25, 0.3) is 0 Å². The van der Waals surface area contributed by atoms with Gasteiger partial charge in [0.1, 0.15) is 0 Å². The highest BCUT2D eigenvalue weighted by Crippen LogP contribution is 2.25. The van der Waals surface area contributed by atoms with Crippen LogP contribution in [0.25, 0.3) is 0 Å². The largest absolute Gasteiger partial charge is 0.771 e. The molecule has 2 atom stereocenters. The van der Waals surface area contributed by atoms with E-state index in [0.717, 1.165) is 17.3 Å². The molecule has 0 radical (unpaired) electrons. The van der Waals surface area contributed by atoms with Crippen molar-refractivity contribution in [3.8, 4) is 0 Å². The third-order valence-electron chi connectivity index (χ3n) is 1.000. The fourth-order valence-electron chi connectivity index (χ4n) is 0.577. The van der Waals surface area contributed by atoms with Gasteiger partial charge in [-0.2, -0.15) is 11.8 Å². The molecule has 0 aliphatic carbocycles. The van der Waals surface area contributed by atoms with Crippen molar-refractivity contribution in [2.24, 2.45) is 0 Å². The molecule has 2 unspecified atom stereocenters. The summed E-state index contributed by atoms with van der Waals surface area (Å²) < 4.78 is 20.5. The summed E-state index contributed by atoms with van der Waals surface area (Å²) in [6.45, 7) is 0. The van der Waals surface area contributed by atoms with Gasteiger partial charge in [0.15, 0.2) is 0 Å². The number of thioether (sulfide) groups is 2. The van der Waals surface area contributed by atoms with Crippen LogP contribution in [-0.2, 0) is 11.1 Å². The van der Waals surface area contributed by atoms with Crippen molar-refractivity contribution in [1.82, 2.24) is 0 Å². The Morgan fingerprint density at radius 3 is 2.67 bits per heavy atom. The molecule has 1 saturated heterocycles. The molecule has 0 N–H and O–H groups in total. The zero-order chi connectivity index (χ0) is 6.69. The van der Waals surface area contributed by atoms with Crippen LogP contribution in [0.2, 0.25) is 0 Å². The Bertz CT molecular complexity index is 110. The van der Waals surface area contributed by atoms with Gasteiger partial charge in [-0.1, -0.05) is 0 Å². The van der Waals surface area contributed by atoms with Gasteiger partial charge < -0.3 is 4.55 Å². The highest BCUT2D eigenvalue weighted by atomic mass is 32.2. The second-order valence-electron chi connectivity index (χ2n) is 1.64. The minimum absolute atomic E-state index is 0.149. The maximum Gasteiger partial charge on any atom is 0.0760 e. The molecule has 0 aromatic rings. The van der Waals surface area contributed by atoms with Crippen LogP contribution in [0.5, 0.6) is 0 Å². The van der Waals surface area contributed by atoms with E-state index in [0.29, 0.717) is 0 Å². The molecule has 0 aromatic heterocycles. The van der Waals surface area contributed by atoms with Gasteiger partial charge in [0, 0.05) is 17.3 Å². The molecule has 2 nitrogen and oxygen atoms in total. The van der Waals surface area contributed by atoms with Crippen molar-refractivity contribution in [2.75, 3.05) is 17.3 Å². The molecular weight excluding hydrogens is 176 g/mol. The maximum absolute atomic E-state index is 10.3. The Morgan fingerprint density at radius 1 is 1.56 bits per heavy atom. The highest BCUT2D eigenvalue weighted by molar-refractivity contribution is 8.13. The van der Waals surface area contributed by atoms with Crippen LogP contribution in [0.1, 0.15) is 0 Å². The molecule has 1 fully saturated rings. The van der Waals surface area contributed by atoms with Crippen molar-refractivity contribution < 1.29 is 8.76 Å². The lowest BCUT2D eigenvalue weighted by Crippen LogP contribution is -2.18. The molecular formula is C4H7O2S3-. The summed E-state index contributed by atoms with van der Waals surface area (Å²) >= 11 is 1.40. The van der Waals surface area contributed by atoms with E-state index in [9.17, 15) is 8.76 Å². The zero-order valence-electron chi connectivity index (χ0n) is 4.74. The van der Waals surface area contributed by atoms with Crippen LogP contribution >= 0.6 is 23.5 Å². The van der Waals surface area contributed by atoms with E-state index in [-0.39, 0.29) is 4.58 Å². The molecule has 1 aliphatic rings. The van der Waals surface area contributed by atoms with Crippen LogP contribution in [0.4, 0.5) is 0 Å². The molecule has 1 rings (SSSR count). The van der Waals surface area contributed by atoms with E-state index in [1.165, 1.54) is 11.8 Å². The van der Waals surface area contributed by atoms with E-state index >= 15 is 0 Å². The second-order valence-corrected chi connectivity index (χ2v) is 5.48. The van der Waals surface area contributed by atoms with Crippen molar-refractivity contribution in [1.29, 1.82) is 0 Å². The monoisotopic (exact) mass is 183 g/mol. The van der Waals surface area contributed by atoms with Crippen LogP contribution < -0.4 is 0 Å². The number of hydrogen-bond acceptors (Lipinski definition) is 4. The molecule has 5 heteroatoms. The van der Waals surface area contributed by atoms with Crippen molar-refractivity contribution >= 4 is 34.6 Å². The summed E-state index contributed by atoms with van der Waals surface area (Å²) in [6, 6.07) is 0. The number of rotatable bonds is 1. The molecule has 1 aliphatic heterocycles. The molecule has 1 heterocycles. The molecule has 0 amide bonds. The molecule has 0 saturated carbocycles. The first-order valence-corrected chi connectivity index (χ1v) is 5.92. The Labute approximate surface area is 65.5 Å². The van der Waals surface area contributed by atoms with E-state index in [2.05, 4.69) is 0 Å². The van der Waals surface area contributed by atoms with Gasteiger partial charge in [0.05, 0.1) is 4.58 Å². The van der Waals surface area contributed by atoms with Gasteiger partial charge in [-0.15, -0.1) is 11.8 Å². The predicted molar refractivity (Wildman–Crippen MR) is 42.5 cm³/mol.